The number of ether oxygens (including phenoxy) is 1. The number of nitriles is 1. The maximum absolute atomic E-state index is 13.6. The van der Waals surface area contributed by atoms with Gasteiger partial charge in [0, 0.05) is 31.5 Å². The summed E-state index contributed by atoms with van der Waals surface area (Å²) in [6.07, 6.45) is -5.03. The Balaban J connectivity index is 2.37. The number of carbonyl (C=O) groups is 1. The number of nitrogens with zero attached hydrogens (tertiary/aromatic N) is 3. The Morgan fingerprint density at radius 3 is 2.33 bits per heavy atom. The summed E-state index contributed by atoms with van der Waals surface area (Å²) in [4.78, 5) is 27.5. The lowest BCUT2D eigenvalue weighted by Crippen LogP contribution is -2.33. The van der Waals surface area contributed by atoms with Gasteiger partial charge in [-0.1, -0.05) is 0 Å². The third-order valence-corrected chi connectivity index (χ3v) is 5.37. The second kappa shape index (κ2) is 10.4. The first kappa shape index (κ1) is 28.4. The highest BCUT2D eigenvalue weighted by Crippen LogP contribution is 2.46. The molecule has 0 N–H and O–H groups in total. The first-order valence-corrected chi connectivity index (χ1v) is 11.6. The minimum atomic E-state index is -6.00. The fourth-order valence-electron chi connectivity index (χ4n) is 2.62. The molecule has 0 fully saturated rings. The molecule has 0 heterocycles. The SMILES string of the molecule is CN(CCS(C)(=O)=O)OC(=O)c1cc(Oc2ccc(C(F)(F)C(F)(F)F)cc2[N+](=O)[O-])ccc1C#N. The van der Waals surface area contributed by atoms with Crippen LogP contribution in [0.4, 0.5) is 27.6 Å². The Morgan fingerprint density at radius 1 is 1.17 bits per heavy atom. The number of hydrogen-bond acceptors (Lipinski definition) is 9. The molecule has 2 aromatic carbocycles. The topological polar surface area (TPSA) is 140 Å². The normalized spacial score (nSPS) is 12.2. The Morgan fingerprint density at radius 2 is 1.81 bits per heavy atom. The average Bonchev–Trinajstić information content (AvgIpc) is 2.76. The zero-order chi connectivity index (χ0) is 27.5. The summed E-state index contributed by atoms with van der Waals surface area (Å²) >= 11 is 0. The van der Waals surface area contributed by atoms with Crippen LogP contribution in [0.25, 0.3) is 0 Å². The largest absolute Gasteiger partial charge is 0.458 e. The smallest absolute Gasteiger partial charge is 0.450 e. The predicted molar refractivity (Wildman–Crippen MR) is 112 cm³/mol. The molecule has 0 radical (unpaired) electrons. The standard InChI is InChI=1S/C20H16F5N3O7S/c1-27(7-8-36(2,32)33)35-18(29)15-10-14(5-3-12(15)11-26)34-17-6-4-13(9-16(17)28(30)31)19(21,22)20(23,24)25/h3-6,9-10H,7-8H2,1-2H3. The van der Waals surface area contributed by atoms with Crippen molar-refractivity contribution in [3.05, 3.63) is 63.2 Å². The van der Waals surface area contributed by atoms with Crippen molar-refractivity contribution >= 4 is 21.5 Å². The molecule has 0 saturated carbocycles. The zero-order valence-corrected chi connectivity index (χ0v) is 19.2. The van der Waals surface area contributed by atoms with Crippen LogP contribution in [-0.2, 0) is 20.6 Å². The van der Waals surface area contributed by atoms with Gasteiger partial charge in [-0.25, -0.2) is 13.2 Å². The van der Waals surface area contributed by atoms with Gasteiger partial charge in [0.15, 0.2) is 0 Å². The van der Waals surface area contributed by atoms with Crippen LogP contribution in [0.15, 0.2) is 36.4 Å². The Labute approximate surface area is 200 Å². The number of hydroxylamine groups is 2. The van der Waals surface area contributed by atoms with Crippen LogP contribution in [0.3, 0.4) is 0 Å². The van der Waals surface area contributed by atoms with E-state index in [1.807, 2.05) is 0 Å². The summed E-state index contributed by atoms with van der Waals surface area (Å²) in [5, 5.41) is 21.4. The van der Waals surface area contributed by atoms with Crippen LogP contribution in [0.1, 0.15) is 21.5 Å². The number of nitro benzene ring substituents is 1. The highest BCUT2D eigenvalue weighted by Gasteiger charge is 2.59. The molecule has 0 saturated heterocycles. The number of hydrogen-bond donors (Lipinski definition) is 0. The van der Waals surface area contributed by atoms with Gasteiger partial charge in [0.2, 0.25) is 5.75 Å². The minimum Gasteiger partial charge on any atom is -0.450 e. The van der Waals surface area contributed by atoms with Crippen molar-refractivity contribution in [1.29, 1.82) is 5.26 Å². The van der Waals surface area contributed by atoms with E-state index in [2.05, 4.69) is 0 Å². The molecule has 16 heteroatoms. The van der Waals surface area contributed by atoms with E-state index in [9.17, 15) is 50.5 Å². The van der Waals surface area contributed by atoms with Crippen molar-refractivity contribution in [3.8, 4) is 17.6 Å². The lowest BCUT2D eigenvalue weighted by Gasteiger charge is -2.20. The van der Waals surface area contributed by atoms with Crippen molar-refractivity contribution < 1.29 is 49.7 Å². The van der Waals surface area contributed by atoms with E-state index in [1.165, 1.54) is 7.05 Å². The highest BCUT2D eigenvalue weighted by molar-refractivity contribution is 7.90. The van der Waals surface area contributed by atoms with E-state index in [1.54, 1.807) is 6.07 Å². The molecule has 0 aliphatic rings. The molecule has 0 bridgehead atoms. The number of benzene rings is 2. The lowest BCUT2D eigenvalue weighted by atomic mass is 10.1. The minimum absolute atomic E-state index is 0.0123. The van der Waals surface area contributed by atoms with Gasteiger partial charge in [-0.2, -0.15) is 27.2 Å². The molecule has 0 aromatic heterocycles. The summed E-state index contributed by atoms with van der Waals surface area (Å²) in [6, 6.07) is 5.62. The summed E-state index contributed by atoms with van der Waals surface area (Å²) in [5.41, 5.74) is -3.52. The molecular weight excluding hydrogens is 521 g/mol. The van der Waals surface area contributed by atoms with Gasteiger partial charge in [0.05, 0.1) is 21.8 Å². The van der Waals surface area contributed by atoms with Gasteiger partial charge >= 0.3 is 23.8 Å². The van der Waals surface area contributed by atoms with Crippen molar-refractivity contribution in [2.24, 2.45) is 0 Å². The molecule has 0 amide bonds. The van der Waals surface area contributed by atoms with Gasteiger partial charge in [-0.15, -0.1) is 5.06 Å². The summed E-state index contributed by atoms with van der Waals surface area (Å²) in [5.74, 6) is -7.89. The van der Waals surface area contributed by atoms with E-state index in [0.717, 1.165) is 29.5 Å². The van der Waals surface area contributed by atoms with E-state index < -0.39 is 55.4 Å². The van der Waals surface area contributed by atoms with Crippen molar-refractivity contribution in [1.82, 2.24) is 5.06 Å². The molecule has 0 atom stereocenters. The summed E-state index contributed by atoms with van der Waals surface area (Å²) in [7, 11) is -2.13. The zero-order valence-electron chi connectivity index (χ0n) is 18.4. The molecule has 36 heavy (non-hydrogen) atoms. The molecule has 0 unspecified atom stereocenters. The van der Waals surface area contributed by atoms with E-state index in [0.29, 0.717) is 12.1 Å². The Bertz CT molecular complexity index is 1320. The number of nitro groups is 1. The van der Waals surface area contributed by atoms with Crippen molar-refractivity contribution in [2.45, 2.75) is 12.1 Å². The van der Waals surface area contributed by atoms with Crippen LogP contribution < -0.4 is 4.74 Å². The van der Waals surface area contributed by atoms with Gasteiger partial charge in [0.25, 0.3) is 0 Å². The number of carbonyl (C=O) groups excluding carboxylic acids is 1. The van der Waals surface area contributed by atoms with Crippen molar-refractivity contribution in [3.63, 3.8) is 0 Å². The van der Waals surface area contributed by atoms with Crippen LogP contribution >= 0.6 is 0 Å². The molecule has 0 spiro atoms. The molecule has 0 aliphatic heterocycles. The summed E-state index contributed by atoms with van der Waals surface area (Å²) in [6.45, 7) is -0.205. The van der Waals surface area contributed by atoms with Crippen LogP contribution in [0.2, 0.25) is 0 Å². The van der Waals surface area contributed by atoms with Crippen LogP contribution in [0, 0.1) is 21.4 Å². The van der Waals surface area contributed by atoms with E-state index in [4.69, 9.17) is 9.57 Å². The molecule has 194 valence electrons. The van der Waals surface area contributed by atoms with E-state index in [-0.39, 0.29) is 29.7 Å². The highest BCUT2D eigenvalue weighted by atomic mass is 32.2. The summed E-state index contributed by atoms with van der Waals surface area (Å²) < 4.78 is 92.8. The Hall–Kier alpha value is -3.84. The lowest BCUT2D eigenvalue weighted by molar-refractivity contribution is -0.386. The first-order valence-electron chi connectivity index (χ1n) is 9.53. The molecular formula is C20H16F5N3O7S. The van der Waals surface area contributed by atoms with Gasteiger partial charge in [-0.3, -0.25) is 10.1 Å². The number of rotatable bonds is 9. The fraction of sp³-hybridized carbons (Fsp3) is 0.300. The average molecular weight is 537 g/mol. The van der Waals surface area contributed by atoms with Crippen molar-refractivity contribution in [2.75, 3.05) is 25.6 Å². The molecule has 2 rings (SSSR count). The second-order valence-corrected chi connectivity index (χ2v) is 9.55. The molecule has 0 aliphatic carbocycles. The van der Waals surface area contributed by atoms with E-state index >= 15 is 0 Å². The second-order valence-electron chi connectivity index (χ2n) is 7.29. The number of halogens is 5. The molecule has 10 nitrogen and oxygen atoms in total. The fourth-order valence-corrected chi connectivity index (χ4v) is 3.21. The third-order valence-electron chi connectivity index (χ3n) is 4.45. The monoisotopic (exact) mass is 537 g/mol. The third kappa shape index (κ3) is 6.86. The first-order chi connectivity index (χ1) is 16.5. The molecule has 2 aromatic rings. The van der Waals surface area contributed by atoms with Gasteiger partial charge in [-0.05, 0) is 30.3 Å². The maximum Gasteiger partial charge on any atom is 0.458 e. The van der Waals surface area contributed by atoms with Gasteiger partial charge in [0.1, 0.15) is 21.7 Å². The predicted octanol–water partition coefficient (Wildman–Crippen LogP) is 3.96. The van der Waals surface area contributed by atoms with Crippen LogP contribution in [0.5, 0.6) is 11.5 Å². The Kier molecular flexibility index (Phi) is 8.22. The maximum atomic E-state index is 13.6. The quantitative estimate of drug-likeness (QED) is 0.264. The van der Waals surface area contributed by atoms with Crippen LogP contribution in [-0.4, -0.2) is 56.2 Å². The van der Waals surface area contributed by atoms with Gasteiger partial charge < -0.3 is 9.57 Å². The number of sulfone groups is 1. The number of alkyl halides is 5.